The summed E-state index contributed by atoms with van der Waals surface area (Å²) >= 11 is 1.28. The first kappa shape index (κ1) is 20.8. The average molecular weight is 453 g/mol. The molecule has 0 unspecified atom stereocenters. The maximum absolute atomic E-state index is 13.4. The molecule has 0 aliphatic carbocycles. The van der Waals surface area contributed by atoms with Crippen molar-refractivity contribution in [2.75, 3.05) is 27.3 Å². The number of thiazole rings is 1. The zero-order chi connectivity index (χ0) is 21.3. The van der Waals surface area contributed by atoms with Gasteiger partial charge in [0.15, 0.2) is 0 Å². The van der Waals surface area contributed by atoms with Gasteiger partial charge in [-0.15, -0.1) is 0 Å². The lowest BCUT2D eigenvalue weighted by atomic mass is 10.1. The molecule has 1 saturated heterocycles. The number of sulfonamides is 1. The summed E-state index contributed by atoms with van der Waals surface area (Å²) in [6.45, 7) is 0.625. The number of rotatable bonds is 6. The molecule has 0 N–H and O–H groups in total. The van der Waals surface area contributed by atoms with E-state index in [4.69, 9.17) is 14.2 Å². The van der Waals surface area contributed by atoms with E-state index < -0.39 is 10.0 Å². The maximum atomic E-state index is 13.4. The molecular formula is C20H21FN2O5S2. The van der Waals surface area contributed by atoms with Crippen molar-refractivity contribution in [3.8, 4) is 16.7 Å². The molecule has 0 radical (unpaired) electrons. The van der Waals surface area contributed by atoms with Gasteiger partial charge in [-0.1, -0.05) is 11.3 Å². The van der Waals surface area contributed by atoms with Crippen LogP contribution in [0.1, 0.15) is 12.8 Å². The average Bonchev–Trinajstić information content (AvgIpc) is 3.14. The molecule has 1 aliphatic rings. The second kappa shape index (κ2) is 8.37. The Bertz CT molecular complexity index is 1160. The Morgan fingerprint density at radius 3 is 2.57 bits per heavy atom. The molecule has 2 heterocycles. The monoisotopic (exact) mass is 452 g/mol. The van der Waals surface area contributed by atoms with Gasteiger partial charge < -0.3 is 14.2 Å². The second-order valence-corrected chi connectivity index (χ2v) is 9.73. The number of methoxy groups -OCH3 is 2. The Morgan fingerprint density at radius 2 is 1.87 bits per heavy atom. The van der Waals surface area contributed by atoms with Crippen molar-refractivity contribution >= 4 is 31.6 Å². The fraction of sp³-hybridized carbons (Fsp3) is 0.350. The van der Waals surface area contributed by atoms with Gasteiger partial charge in [0, 0.05) is 19.2 Å². The molecule has 3 aromatic rings. The van der Waals surface area contributed by atoms with E-state index in [-0.39, 0.29) is 22.6 Å². The zero-order valence-corrected chi connectivity index (χ0v) is 18.1. The van der Waals surface area contributed by atoms with Crippen molar-refractivity contribution < 1.29 is 27.0 Å². The summed E-state index contributed by atoms with van der Waals surface area (Å²) in [6, 6.07) is 9.11. The first-order chi connectivity index (χ1) is 14.4. The summed E-state index contributed by atoms with van der Waals surface area (Å²) in [5.74, 6) is 0.403. The second-order valence-electron chi connectivity index (χ2n) is 6.83. The highest BCUT2D eigenvalue weighted by molar-refractivity contribution is 7.89. The van der Waals surface area contributed by atoms with Crippen LogP contribution in [0.3, 0.4) is 0 Å². The highest BCUT2D eigenvalue weighted by atomic mass is 32.2. The van der Waals surface area contributed by atoms with Crippen molar-refractivity contribution in [3.05, 3.63) is 42.2 Å². The summed E-state index contributed by atoms with van der Waals surface area (Å²) in [6.07, 6.45) is 0.889. The Hall–Kier alpha value is -2.43. The van der Waals surface area contributed by atoms with E-state index in [0.717, 1.165) is 4.70 Å². The smallest absolute Gasteiger partial charge is 0.274 e. The van der Waals surface area contributed by atoms with E-state index in [0.29, 0.717) is 42.4 Å². The van der Waals surface area contributed by atoms with Crippen LogP contribution >= 0.6 is 11.3 Å². The Morgan fingerprint density at radius 1 is 1.10 bits per heavy atom. The van der Waals surface area contributed by atoms with Crippen molar-refractivity contribution in [2.45, 2.75) is 23.8 Å². The minimum Gasteiger partial charge on any atom is -0.497 e. The van der Waals surface area contributed by atoms with E-state index in [2.05, 4.69) is 4.98 Å². The molecule has 0 bridgehead atoms. The molecule has 1 aliphatic heterocycles. The fourth-order valence-corrected chi connectivity index (χ4v) is 5.93. The first-order valence-corrected chi connectivity index (χ1v) is 11.6. The zero-order valence-electron chi connectivity index (χ0n) is 16.5. The van der Waals surface area contributed by atoms with Crippen LogP contribution in [0, 0.1) is 5.82 Å². The number of hydrogen-bond acceptors (Lipinski definition) is 7. The molecule has 2 aromatic carbocycles. The largest absolute Gasteiger partial charge is 0.497 e. The van der Waals surface area contributed by atoms with Crippen LogP contribution in [-0.2, 0) is 10.0 Å². The minimum atomic E-state index is -3.74. The van der Waals surface area contributed by atoms with Crippen LogP contribution in [0.25, 0.3) is 10.2 Å². The lowest BCUT2D eigenvalue weighted by Crippen LogP contribution is -2.41. The summed E-state index contributed by atoms with van der Waals surface area (Å²) in [4.78, 5) is 4.45. The normalized spacial score (nSPS) is 16.0. The maximum Gasteiger partial charge on any atom is 0.274 e. The van der Waals surface area contributed by atoms with Crippen LogP contribution < -0.4 is 14.2 Å². The lowest BCUT2D eigenvalue weighted by molar-refractivity contribution is 0.135. The van der Waals surface area contributed by atoms with E-state index >= 15 is 0 Å². The summed E-state index contributed by atoms with van der Waals surface area (Å²) in [7, 11) is -0.822. The number of aromatic nitrogens is 1. The molecule has 4 rings (SSSR count). The third-order valence-corrected chi connectivity index (χ3v) is 7.82. The fourth-order valence-electron chi connectivity index (χ4n) is 3.39. The third kappa shape index (κ3) is 4.07. The van der Waals surface area contributed by atoms with Crippen LogP contribution in [0.2, 0.25) is 0 Å². The van der Waals surface area contributed by atoms with Gasteiger partial charge in [-0.3, -0.25) is 0 Å². The molecule has 1 aromatic heterocycles. The van der Waals surface area contributed by atoms with Crippen molar-refractivity contribution in [2.24, 2.45) is 0 Å². The Labute approximate surface area is 178 Å². The summed E-state index contributed by atoms with van der Waals surface area (Å²) in [5.41, 5.74) is 0.682. The van der Waals surface area contributed by atoms with Gasteiger partial charge in [0.2, 0.25) is 10.0 Å². The van der Waals surface area contributed by atoms with E-state index in [9.17, 15) is 12.8 Å². The van der Waals surface area contributed by atoms with Crippen LogP contribution in [0.15, 0.2) is 41.3 Å². The van der Waals surface area contributed by atoms with Gasteiger partial charge >= 0.3 is 0 Å². The molecule has 30 heavy (non-hydrogen) atoms. The highest BCUT2D eigenvalue weighted by Gasteiger charge is 2.33. The molecule has 160 valence electrons. The van der Waals surface area contributed by atoms with Crippen LogP contribution in [-0.4, -0.2) is 51.1 Å². The van der Waals surface area contributed by atoms with Crippen molar-refractivity contribution in [3.63, 3.8) is 0 Å². The molecule has 10 heteroatoms. The number of piperidine rings is 1. The number of halogens is 1. The van der Waals surface area contributed by atoms with E-state index in [1.165, 1.54) is 48.1 Å². The van der Waals surface area contributed by atoms with Gasteiger partial charge in [-0.25, -0.2) is 17.8 Å². The molecule has 1 fully saturated rings. The Kier molecular flexibility index (Phi) is 5.81. The summed E-state index contributed by atoms with van der Waals surface area (Å²) < 4.78 is 58.2. The van der Waals surface area contributed by atoms with Gasteiger partial charge in [0.25, 0.3) is 5.19 Å². The van der Waals surface area contributed by atoms with E-state index in [1.54, 1.807) is 18.2 Å². The van der Waals surface area contributed by atoms with Gasteiger partial charge in [0.05, 0.1) is 24.4 Å². The molecule has 0 saturated carbocycles. The number of ether oxygens (including phenoxy) is 3. The van der Waals surface area contributed by atoms with Gasteiger partial charge in [-0.2, -0.15) is 4.31 Å². The van der Waals surface area contributed by atoms with Crippen molar-refractivity contribution in [1.29, 1.82) is 0 Å². The first-order valence-electron chi connectivity index (χ1n) is 9.35. The van der Waals surface area contributed by atoms with Crippen LogP contribution in [0.5, 0.6) is 16.7 Å². The summed E-state index contributed by atoms with van der Waals surface area (Å²) in [5, 5.41) is 0.464. The van der Waals surface area contributed by atoms with Gasteiger partial charge in [0.1, 0.15) is 28.3 Å². The molecule has 7 nitrogen and oxygen atoms in total. The Balaban J connectivity index is 1.46. The SMILES string of the molecule is COc1ccc(OC)c(S(=O)(=O)N2CCC(Oc3nc4ccc(F)cc4s3)CC2)c1. The molecule has 0 atom stereocenters. The molecular weight excluding hydrogens is 431 g/mol. The lowest BCUT2D eigenvalue weighted by Gasteiger charge is -2.31. The number of fused-ring (bicyclic) bond motifs is 1. The molecule has 0 amide bonds. The number of hydrogen-bond donors (Lipinski definition) is 0. The van der Waals surface area contributed by atoms with Crippen LogP contribution in [0.4, 0.5) is 4.39 Å². The topological polar surface area (TPSA) is 78.0 Å². The van der Waals surface area contributed by atoms with E-state index in [1.807, 2.05) is 0 Å². The third-order valence-electron chi connectivity index (χ3n) is 4.99. The highest BCUT2D eigenvalue weighted by Crippen LogP contribution is 2.33. The molecule has 0 spiro atoms. The van der Waals surface area contributed by atoms with Gasteiger partial charge in [-0.05, 0) is 43.2 Å². The predicted molar refractivity (Wildman–Crippen MR) is 112 cm³/mol. The number of benzene rings is 2. The number of nitrogens with zero attached hydrogens (tertiary/aromatic N) is 2. The minimum absolute atomic E-state index is 0.0805. The van der Waals surface area contributed by atoms with Crippen molar-refractivity contribution in [1.82, 2.24) is 9.29 Å². The quantitative estimate of drug-likeness (QED) is 0.568. The predicted octanol–water partition coefficient (Wildman–Crippen LogP) is 3.68. The standard InChI is InChI=1S/C20H21FN2O5S2/c1-26-15-4-6-17(27-2)19(12-15)30(24,25)23-9-7-14(8-10-23)28-20-22-16-5-3-13(21)11-18(16)29-20/h3-6,11-12,14H,7-10H2,1-2H3.